The van der Waals surface area contributed by atoms with Crippen LogP contribution in [0.1, 0.15) is 5.56 Å². The molecule has 0 saturated carbocycles. The number of benzene rings is 2. The van der Waals surface area contributed by atoms with Crippen molar-refractivity contribution in [2.24, 2.45) is 0 Å². The van der Waals surface area contributed by atoms with E-state index in [2.05, 4.69) is 20.7 Å². The highest BCUT2D eigenvalue weighted by atomic mass is 79.9. The fourth-order valence-electron chi connectivity index (χ4n) is 3.49. The molecule has 0 spiro atoms. The lowest BCUT2D eigenvalue weighted by molar-refractivity contribution is -0.124. The van der Waals surface area contributed by atoms with Gasteiger partial charge in [-0.1, -0.05) is 15.9 Å². The molecule has 2 aliphatic rings. The number of fused-ring (bicyclic) bond motifs is 2. The van der Waals surface area contributed by atoms with E-state index in [9.17, 15) is 18.0 Å². The van der Waals surface area contributed by atoms with E-state index in [4.69, 9.17) is 4.74 Å². The van der Waals surface area contributed by atoms with E-state index >= 15 is 0 Å². The molecule has 0 saturated heterocycles. The van der Waals surface area contributed by atoms with Crippen LogP contribution in [0.25, 0.3) is 0 Å². The summed E-state index contributed by atoms with van der Waals surface area (Å²) >= 11 is 3.37. The van der Waals surface area contributed by atoms with Crippen LogP contribution < -0.4 is 19.3 Å². The third kappa shape index (κ3) is 3.63. The number of hydrogen-bond donors (Lipinski definition) is 1. The number of anilines is 2. The lowest BCUT2D eigenvalue weighted by Gasteiger charge is -2.30. The van der Waals surface area contributed by atoms with Crippen LogP contribution in [0, 0.1) is 0 Å². The highest BCUT2D eigenvalue weighted by Crippen LogP contribution is 2.35. The summed E-state index contributed by atoms with van der Waals surface area (Å²) < 4.78 is 32.6. The van der Waals surface area contributed by atoms with Crippen molar-refractivity contribution in [3.05, 3.63) is 46.4 Å². The minimum Gasteiger partial charge on any atom is -0.482 e. The van der Waals surface area contributed by atoms with Crippen molar-refractivity contribution < 1.29 is 22.7 Å². The van der Waals surface area contributed by atoms with Crippen molar-refractivity contribution in [2.75, 3.05) is 36.5 Å². The molecule has 152 valence electrons. The standard InChI is InChI=1S/C19H18BrN3O5S/c1-21-29(26,27)14-3-5-15-12(8-14)6-7-22(15)18(24)10-23-16-4-2-13(20)9-17(16)28-11-19(23)25/h2-5,8-9,21H,6-7,10-11H2,1H3. The second-order valence-corrected chi connectivity index (χ2v) is 9.48. The van der Waals surface area contributed by atoms with Gasteiger partial charge in [-0.2, -0.15) is 0 Å². The third-order valence-electron chi connectivity index (χ3n) is 4.98. The Morgan fingerprint density at radius 1 is 1.21 bits per heavy atom. The predicted molar refractivity (Wildman–Crippen MR) is 111 cm³/mol. The van der Waals surface area contributed by atoms with Crippen LogP contribution in [0.5, 0.6) is 5.75 Å². The molecule has 0 atom stereocenters. The van der Waals surface area contributed by atoms with E-state index in [-0.39, 0.29) is 29.9 Å². The number of rotatable bonds is 4. The lowest BCUT2D eigenvalue weighted by Crippen LogP contribution is -2.46. The first-order chi connectivity index (χ1) is 13.8. The van der Waals surface area contributed by atoms with Crippen molar-refractivity contribution in [1.29, 1.82) is 0 Å². The van der Waals surface area contributed by atoms with Gasteiger partial charge in [-0.15, -0.1) is 0 Å². The van der Waals surface area contributed by atoms with Gasteiger partial charge in [-0.05, 0) is 55.4 Å². The minimum absolute atomic E-state index is 0.118. The summed E-state index contributed by atoms with van der Waals surface area (Å²) in [5.74, 6) is 0.00987. The SMILES string of the molecule is CNS(=O)(=O)c1ccc2c(c1)CCN2C(=O)CN1C(=O)COc2cc(Br)ccc21. The molecule has 2 aromatic carbocycles. The Morgan fingerprint density at radius 2 is 1.97 bits per heavy atom. The van der Waals surface area contributed by atoms with E-state index in [0.29, 0.717) is 30.1 Å². The normalized spacial score (nSPS) is 15.7. The molecule has 4 rings (SSSR count). The number of amides is 2. The molecular weight excluding hydrogens is 462 g/mol. The number of nitrogens with zero attached hydrogens (tertiary/aromatic N) is 2. The van der Waals surface area contributed by atoms with Gasteiger partial charge in [0.05, 0.1) is 10.6 Å². The van der Waals surface area contributed by atoms with E-state index in [1.165, 1.54) is 18.0 Å². The van der Waals surface area contributed by atoms with Crippen LogP contribution >= 0.6 is 15.9 Å². The Labute approximate surface area is 176 Å². The van der Waals surface area contributed by atoms with Crippen LogP contribution in [-0.2, 0) is 26.0 Å². The van der Waals surface area contributed by atoms with E-state index in [0.717, 1.165) is 10.0 Å². The molecule has 8 nitrogen and oxygen atoms in total. The number of ether oxygens (including phenoxy) is 1. The van der Waals surface area contributed by atoms with Crippen molar-refractivity contribution in [3.63, 3.8) is 0 Å². The maximum Gasteiger partial charge on any atom is 0.265 e. The van der Waals surface area contributed by atoms with Crippen LogP contribution in [-0.4, -0.2) is 47.0 Å². The summed E-state index contributed by atoms with van der Waals surface area (Å²) in [6.45, 7) is 0.189. The molecule has 2 aliphatic heterocycles. The summed E-state index contributed by atoms with van der Waals surface area (Å²) in [4.78, 5) is 28.5. The quantitative estimate of drug-likeness (QED) is 0.719. The van der Waals surface area contributed by atoms with Gasteiger partial charge >= 0.3 is 0 Å². The number of carbonyl (C=O) groups excluding carboxylic acids is 2. The van der Waals surface area contributed by atoms with E-state index in [1.807, 2.05) is 0 Å². The van der Waals surface area contributed by atoms with Gasteiger partial charge in [0.1, 0.15) is 12.3 Å². The number of sulfonamides is 1. The molecule has 2 amide bonds. The van der Waals surface area contributed by atoms with Crippen molar-refractivity contribution in [3.8, 4) is 5.75 Å². The van der Waals surface area contributed by atoms with Gasteiger partial charge in [0.15, 0.2) is 6.61 Å². The first-order valence-corrected chi connectivity index (χ1v) is 11.2. The second-order valence-electron chi connectivity index (χ2n) is 6.67. The molecule has 0 radical (unpaired) electrons. The topological polar surface area (TPSA) is 96.0 Å². The third-order valence-corrected chi connectivity index (χ3v) is 6.89. The average Bonchev–Trinajstić information content (AvgIpc) is 3.13. The minimum atomic E-state index is -3.55. The fraction of sp³-hybridized carbons (Fsp3) is 0.263. The molecule has 0 aromatic heterocycles. The summed E-state index contributed by atoms with van der Waals surface area (Å²) in [6.07, 6.45) is 0.550. The second kappa shape index (κ2) is 7.43. The van der Waals surface area contributed by atoms with Crippen LogP contribution in [0.4, 0.5) is 11.4 Å². The van der Waals surface area contributed by atoms with Gasteiger partial charge in [-0.25, -0.2) is 13.1 Å². The Bertz CT molecular complexity index is 1120. The number of halogens is 1. The molecule has 2 heterocycles. The number of hydrogen-bond acceptors (Lipinski definition) is 5. The van der Waals surface area contributed by atoms with Crippen molar-refractivity contribution in [1.82, 2.24) is 4.72 Å². The van der Waals surface area contributed by atoms with Crippen LogP contribution in [0.2, 0.25) is 0 Å². The van der Waals surface area contributed by atoms with Crippen LogP contribution in [0.3, 0.4) is 0 Å². The van der Waals surface area contributed by atoms with Gasteiger partial charge in [0, 0.05) is 16.7 Å². The molecule has 2 aromatic rings. The molecule has 10 heteroatoms. The van der Waals surface area contributed by atoms with Crippen molar-refractivity contribution >= 4 is 49.1 Å². The molecule has 1 N–H and O–H groups in total. The maximum absolute atomic E-state index is 13.0. The summed E-state index contributed by atoms with van der Waals surface area (Å²) in [6, 6.07) is 9.97. The van der Waals surface area contributed by atoms with Gasteiger partial charge in [-0.3, -0.25) is 14.5 Å². The van der Waals surface area contributed by atoms with Gasteiger partial charge < -0.3 is 9.64 Å². The number of nitrogens with one attached hydrogen (secondary N) is 1. The smallest absolute Gasteiger partial charge is 0.265 e. The highest BCUT2D eigenvalue weighted by Gasteiger charge is 2.32. The van der Waals surface area contributed by atoms with Gasteiger partial charge in [0.25, 0.3) is 5.91 Å². The first kappa shape index (κ1) is 19.9. The summed E-state index contributed by atoms with van der Waals surface area (Å²) in [7, 11) is -2.19. The molecule has 0 unspecified atom stereocenters. The first-order valence-electron chi connectivity index (χ1n) is 8.90. The maximum atomic E-state index is 13.0. The molecular formula is C19H18BrN3O5S. The zero-order valence-electron chi connectivity index (χ0n) is 15.5. The lowest BCUT2D eigenvalue weighted by atomic mass is 10.2. The molecule has 29 heavy (non-hydrogen) atoms. The Kier molecular flexibility index (Phi) is 5.09. The Hall–Kier alpha value is -2.43. The fourth-order valence-corrected chi connectivity index (χ4v) is 4.61. The van der Waals surface area contributed by atoms with Gasteiger partial charge in [0.2, 0.25) is 15.9 Å². The average molecular weight is 480 g/mol. The summed E-state index contributed by atoms with van der Waals surface area (Å²) in [5, 5.41) is 0. The zero-order valence-corrected chi connectivity index (χ0v) is 17.9. The largest absolute Gasteiger partial charge is 0.482 e. The monoisotopic (exact) mass is 479 g/mol. The van der Waals surface area contributed by atoms with Crippen molar-refractivity contribution in [2.45, 2.75) is 11.3 Å². The zero-order chi connectivity index (χ0) is 20.8. The predicted octanol–water partition coefficient (Wildman–Crippen LogP) is 1.67. The molecule has 0 aliphatic carbocycles. The van der Waals surface area contributed by atoms with E-state index in [1.54, 1.807) is 35.2 Å². The number of carbonyl (C=O) groups is 2. The van der Waals surface area contributed by atoms with Crippen LogP contribution in [0.15, 0.2) is 45.8 Å². The summed E-state index contributed by atoms with van der Waals surface area (Å²) in [5.41, 5.74) is 2.00. The molecule has 0 bridgehead atoms. The highest BCUT2D eigenvalue weighted by molar-refractivity contribution is 9.10. The Balaban J connectivity index is 1.58. The Morgan fingerprint density at radius 3 is 2.72 bits per heavy atom. The molecule has 0 fully saturated rings. The van der Waals surface area contributed by atoms with E-state index < -0.39 is 10.0 Å².